The van der Waals surface area contributed by atoms with Crippen LogP contribution in [0.2, 0.25) is 5.28 Å². The second kappa shape index (κ2) is 3.70. The van der Waals surface area contributed by atoms with E-state index in [1.54, 1.807) is 6.20 Å². The van der Waals surface area contributed by atoms with E-state index in [1.807, 2.05) is 6.92 Å². The summed E-state index contributed by atoms with van der Waals surface area (Å²) in [5, 5.41) is 0.298. The van der Waals surface area contributed by atoms with Crippen molar-refractivity contribution in [2.24, 2.45) is 0 Å². The van der Waals surface area contributed by atoms with Gasteiger partial charge in [-0.3, -0.25) is 0 Å². The van der Waals surface area contributed by atoms with E-state index in [1.165, 1.54) is 25.7 Å². The van der Waals surface area contributed by atoms with Crippen LogP contribution in [0.1, 0.15) is 37.5 Å². The first-order valence-corrected chi connectivity index (χ1v) is 6.00. The fraction of sp³-hybridized carbons (Fsp3) is 0.545. The molecule has 0 atom stereocenters. The quantitative estimate of drug-likeness (QED) is 0.715. The fourth-order valence-electron chi connectivity index (χ4n) is 2.58. The van der Waals surface area contributed by atoms with Gasteiger partial charge in [0.1, 0.15) is 11.3 Å². The Balaban J connectivity index is 2.20. The summed E-state index contributed by atoms with van der Waals surface area (Å²) >= 11 is 5.84. The second-order valence-corrected chi connectivity index (χ2v) is 4.65. The highest BCUT2D eigenvalue weighted by Crippen LogP contribution is 2.32. The Morgan fingerprint density at radius 1 is 1.31 bits per heavy atom. The largest absolute Gasteiger partial charge is 0.310 e. The van der Waals surface area contributed by atoms with E-state index < -0.39 is 0 Å². The summed E-state index contributed by atoms with van der Waals surface area (Å²) in [4.78, 5) is 12.7. The summed E-state index contributed by atoms with van der Waals surface area (Å²) in [5.41, 5.74) is 1.72. The van der Waals surface area contributed by atoms with Crippen LogP contribution in [0.3, 0.4) is 0 Å². The minimum Gasteiger partial charge on any atom is -0.310 e. The van der Waals surface area contributed by atoms with Crippen LogP contribution in [-0.4, -0.2) is 19.5 Å². The predicted molar refractivity (Wildman–Crippen MR) is 62.6 cm³/mol. The number of nitrogens with zero attached hydrogens (tertiary/aromatic N) is 4. The Kier molecular flexibility index (Phi) is 2.32. The van der Waals surface area contributed by atoms with Crippen LogP contribution in [0.4, 0.5) is 0 Å². The summed E-state index contributed by atoms with van der Waals surface area (Å²) < 4.78 is 2.22. The van der Waals surface area contributed by atoms with Gasteiger partial charge in [0, 0.05) is 6.04 Å². The van der Waals surface area contributed by atoms with Gasteiger partial charge < -0.3 is 4.57 Å². The molecule has 0 unspecified atom stereocenters. The fourth-order valence-corrected chi connectivity index (χ4v) is 2.71. The molecule has 1 aliphatic rings. The Bertz CT molecular complexity index is 528. The van der Waals surface area contributed by atoms with Crippen LogP contribution in [0, 0.1) is 6.92 Å². The van der Waals surface area contributed by atoms with E-state index in [4.69, 9.17) is 11.6 Å². The summed E-state index contributed by atoms with van der Waals surface area (Å²) in [5.74, 6) is 1.01. The highest BCUT2D eigenvalue weighted by molar-refractivity contribution is 6.28. The molecule has 0 bridgehead atoms. The Hall–Kier alpha value is -1.16. The number of hydrogen-bond acceptors (Lipinski definition) is 3. The molecule has 5 heteroatoms. The maximum absolute atomic E-state index is 5.84. The van der Waals surface area contributed by atoms with E-state index in [2.05, 4.69) is 19.5 Å². The van der Waals surface area contributed by atoms with Crippen LogP contribution in [0.15, 0.2) is 6.20 Å². The van der Waals surface area contributed by atoms with Crippen molar-refractivity contribution in [3.63, 3.8) is 0 Å². The summed E-state index contributed by atoms with van der Waals surface area (Å²) in [6.07, 6.45) is 6.72. The van der Waals surface area contributed by atoms with E-state index in [0.717, 1.165) is 17.0 Å². The molecule has 1 aliphatic carbocycles. The molecule has 1 fully saturated rings. The third-order valence-corrected chi connectivity index (χ3v) is 3.45. The maximum atomic E-state index is 5.84. The molecule has 84 valence electrons. The van der Waals surface area contributed by atoms with E-state index in [9.17, 15) is 0 Å². The Morgan fingerprint density at radius 2 is 2.06 bits per heavy atom. The summed E-state index contributed by atoms with van der Waals surface area (Å²) in [7, 11) is 0. The van der Waals surface area contributed by atoms with Crippen molar-refractivity contribution in [1.82, 2.24) is 19.5 Å². The third kappa shape index (κ3) is 1.48. The summed E-state index contributed by atoms with van der Waals surface area (Å²) in [6.45, 7) is 2.02. The van der Waals surface area contributed by atoms with Gasteiger partial charge in [-0.1, -0.05) is 12.8 Å². The molecule has 0 spiro atoms. The zero-order valence-electron chi connectivity index (χ0n) is 9.15. The highest BCUT2D eigenvalue weighted by Gasteiger charge is 2.21. The molecule has 0 radical (unpaired) electrons. The van der Waals surface area contributed by atoms with Crippen LogP contribution in [-0.2, 0) is 0 Å². The molecular weight excluding hydrogens is 224 g/mol. The molecule has 0 amide bonds. The van der Waals surface area contributed by atoms with Gasteiger partial charge in [0.2, 0.25) is 5.28 Å². The van der Waals surface area contributed by atoms with Crippen molar-refractivity contribution in [2.75, 3.05) is 0 Å². The average Bonchev–Trinajstić information content (AvgIpc) is 2.83. The number of fused-ring (bicyclic) bond motifs is 1. The minimum absolute atomic E-state index is 0.298. The molecule has 16 heavy (non-hydrogen) atoms. The number of halogens is 1. The van der Waals surface area contributed by atoms with Crippen LogP contribution in [0.5, 0.6) is 0 Å². The van der Waals surface area contributed by atoms with Crippen molar-refractivity contribution in [2.45, 2.75) is 38.6 Å². The first-order chi connectivity index (χ1) is 7.75. The van der Waals surface area contributed by atoms with Crippen LogP contribution in [0.25, 0.3) is 11.2 Å². The lowest BCUT2D eigenvalue weighted by molar-refractivity contribution is 0.517. The topological polar surface area (TPSA) is 43.6 Å². The van der Waals surface area contributed by atoms with Gasteiger partial charge in [0.05, 0.1) is 6.20 Å². The van der Waals surface area contributed by atoms with Gasteiger partial charge in [0.25, 0.3) is 0 Å². The molecule has 0 aromatic carbocycles. The maximum Gasteiger partial charge on any atom is 0.224 e. The van der Waals surface area contributed by atoms with Crippen LogP contribution < -0.4 is 0 Å². The van der Waals surface area contributed by atoms with Crippen LogP contribution >= 0.6 is 11.6 Å². The van der Waals surface area contributed by atoms with Gasteiger partial charge >= 0.3 is 0 Å². The molecule has 1 saturated carbocycles. The molecule has 0 aliphatic heterocycles. The van der Waals surface area contributed by atoms with Crippen molar-refractivity contribution >= 4 is 22.8 Å². The number of aryl methyl sites for hydroxylation is 1. The van der Waals surface area contributed by atoms with Gasteiger partial charge in [-0.05, 0) is 31.4 Å². The molecule has 3 rings (SSSR count). The molecule has 4 nitrogen and oxygen atoms in total. The lowest BCUT2D eigenvalue weighted by Crippen LogP contribution is -2.07. The van der Waals surface area contributed by atoms with Gasteiger partial charge in [-0.15, -0.1) is 0 Å². The number of imidazole rings is 1. The zero-order chi connectivity index (χ0) is 11.1. The summed E-state index contributed by atoms with van der Waals surface area (Å²) in [6, 6.07) is 0.538. The zero-order valence-corrected chi connectivity index (χ0v) is 9.91. The average molecular weight is 237 g/mol. The normalized spacial score (nSPS) is 17.4. The van der Waals surface area contributed by atoms with Gasteiger partial charge in [0.15, 0.2) is 5.65 Å². The Labute approximate surface area is 98.7 Å². The minimum atomic E-state index is 0.298. The van der Waals surface area contributed by atoms with Crippen molar-refractivity contribution in [3.05, 3.63) is 17.3 Å². The predicted octanol–water partition coefficient (Wildman–Crippen LogP) is 2.90. The Morgan fingerprint density at radius 3 is 2.81 bits per heavy atom. The van der Waals surface area contributed by atoms with E-state index >= 15 is 0 Å². The van der Waals surface area contributed by atoms with E-state index in [0.29, 0.717) is 11.3 Å². The number of rotatable bonds is 1. The SMILES string of the molecule is Cc1nc2cnc(Cl)nc2n1C1CCCC1. The van der Waals surface area contributed by atoms with Gasteiger partial charge in [-0.2, -0.15) is 4.98 Å². The highest BCUT2D eigenvalue weighted by atomic mass is 35.5. The number of hydrogen-bond donors (Lipinski definition) is 0. The molecule has 2 aromatic rings. The molecule has 2 heterocycles. The lowest BCUT2D eigenvalue weighted by Gasteiger charge is -2.13. The first-order valence-electron chi connectivity index (χ1n) is 5.63. The van der Waals surface area contributed by atoms with Crippen molar-refractivity contribution < 1.29 is 0 Å². The molecule has 0 N–H and O–H groups in total. The number of aromatic nitrogens is 4. The molecular formula is C11H13ClN4. The standard InChI is InChI=1S/C11H13ClN4/c1-7-14-9-6-13-11(12)15-10(9)16(7)8-4-2-3-5-8/h6,8H,2-5H2,1H3. The molecule has 0 saturated heterocycles. The first kappa shape index (κ1) is 10.0. The van der Waals surface area contributed by atoms with Crippen molar-refractivity contribution in [3.8, 4) is 0 Å². The monoisotopic (exact) mass is 236 g/mol. The van der Waals surface area contributed by atoms with Gasteiger partial charge in [-0.25, -0.2) is 9.97 Å². The van der Waals surface area contributed by atoms with Crippen molar-refractivity contribution in [1.29, 1.82) is 0 Å². The second-order valence-electron chi connectivity index (χ2n) is 4.32. The van der Waals surface area contributed by atoms with E-state index in [-0.39, 0.29) is 0 Å². The molecule has 2 aromatic heterocycles. The third-order valence-electron chi connectivity index (χ3n) is 3.27. The smallest absolute Gasteiger partial charge is 0.224 e. The lowest BCUT2D eigenvalue weighted by atomic mass is 10.2.